The van der Waals surface area contributed by atoms with E-state index in [1.165, 1.54) is 5.57 Å². The third-order valence-corrected chi connectivity index (χ3v) is 12.1. The summed E-state index contributed by atoms with van der Waals surface area (Å²) in [5.74, 6) is -0.249. The fraction of sp³-hybridized carbons (Fsp3) is 0.656. The second-order valence-corrected chi connectivity index (χ2v) is 13.9. The van der Waals surface area contributed by atoms with E-state index in [0.29, 0.717) is 5.92 Å². The van der Waals surface area contributed by atoms with Crippen LogP contribution in [0.25, 0.3) is 0 Å². The van der Waals surface area contributed by atoms with E-state index in [4.69, 9.17) is 0 Å². The molecule has 0 aromatic heterocycles. The van der Waals surface area contributed by atoms with Gasteiger partial charge < -0.3 is 15.3 Å². The van der Waals surface area contributed by atoms with Crippen LogP contribution in [0.3, 0.4) is 0 Å². The number of phenols is 2. The number of hydrogen-bond donors (Lipinski definition) is 3. The van der Waals surface area contributed by atoms with Gasteiger partial charge in [-0.05, 0) is 110 Å². The van der Waals surface area contributed by atoms with Crippen molar-refractivity contribution in [3.05, 3.63) is 47.1 Å². The van der Waals surface area contributed by atoms with Crippen LogP contribution in [0.2, 0.25) is 0 Å². The van der Waals surface area contributed by atoms with E-state index in [-0.39, 0.29) is 39.1 Å². The zero-order chi connectivity index (χ0) is 26.5. The molecule has 196 valence electrons. The minimum atomic E-state index is -0.661. The van der Waals surface area contributed by atoms with Gasteiger partial charge in [-0.2, -0.15) is 0 Å². The maximum atomic E-state index is 12.4. The average molecular weight is 493 g/mol. The first-order chi connectivity index (χ1) is 16.7. The molecule has 1 aromatic rings. The number of carboxylic acids is 1. The maximum absolute atomic E-state index is 12.4. The predicted molar refractivity (Wildman–Crippen MR) is 143 cm³/mol. The molecular formula is C32H44O4. The Kier molecular flexibility index (Phi) is 5.40. The van der Waals surface area contributed by atoms with E-state index in [1.807, 2.05) is 26.0 Å². The Morgan fingerprint density at radius 3 is 2.36 bits per heavy atom. The van der Waals surface area contributed by atoms with Gasteiger partial charge in [0.05, 0.1) is 5.41 Å². The molecule has 0 bridgehead atoms. The number of rotatable bonds is 3. The Balaban J connectivity index is 1.69. The van der Waals surface area contributed by atoms with Gasteiger partial charge in [-0.3, -0.25) is 4.79 Å². The average Bonchev–Trinajstić information content (AvgIpc) is 2.82. The van der Waals surface area contributed by atoms with Crippen LogP contribution in [0.1, 0.15) is 109 Å². The summed E-state index contributed by atoms with van der Waals surface area (Å²) in [6.07, 6.45) is 11.9. The fourth-order valence-corrected chi connectivity index (χ4v) is 9.41. The molecule has 36 heavy (non-hydrogen) atoms. The Labute approximate surface area is 216 Å². The molecule has 5 rings (SSSR count). The van der Waals surface area contributed by atoms with Crippen LogP contribution in [0.15, 0.2) is 30.4 Å². The third-order valence-electron chi connectivity index (χ3n) is 12.1. The lowest BCUT2D eigenvalue weighted by molar-refractivity contribution is -0.177. The van der Waals surface area contributed by atoms with Crippen LogP contribution in [-0.2, 0) is 10.2 Å². The van der Waals surface area contributed by atoms with E-state index in [2.05, 4.69) is 40.3 Å². The van der Waals surface area contributed by atoms with Gasteiger partial charge in [0.15, 0.2) is 11.5 Å². The zero-order valence-corrected chi connectivity index (χ0v) is 23.0. The predicted octanol–water partition coefficient (Wildman–Crippen LogP) is 7.76. The molecule has 0 amide bonds. The van der Waals surface area contributed by atoms with Crippen molar-refractivity contribution < 1.29 is 20.1 Å². The first-order valence-corrected chi connectivity index (χ1v) is 13.8. The van der Waals surface area contributed by atoms with Crippen LogP contribution in [0.4, 0.5) is 0 Å². The van der Waals surface area contributed by atoms with Crippen LogP contribution in [-0.4, -0.2) is 21.3 Å². The first-order valence-electron chi connectivity index (χ1n) is 13.8. The summed E-state index contributed by atoms with van der Waals surface area (Å²) < 4.78 is 0. The summed E-state index contributed by atoms with van der Waals surface area (Å²) in [7, 11) is 0. The standard InChI is InChI=1S/C32H44O4/c1-8-9-20-16-23-30(5,21-17-22(33)26(34)19(2)25(20)21)13-15-32(7)24-18-29(4,27(35)36)11-10-28(24,3)12-14-31(23,32)6/h8,16-17,20,24,33-34H,1,9-15,18H2,2-7H3,(H,35,36)/t20?,24-,28?,29-,30+,31-,32+/m1/s1. The minimum absolute atomic E-state index is 0.00723. The quantitative estimate of drug-likeness (QED) is 0.298. The summed E-state index contributed by atoms with van der Waals surface area (Å²) >= 11 is 0. The Morgan fingerprint density at radius 2 is 1.72 bits per heavy atom. The second-order valence-electron chi connectivity index (χ2n) is 13.9. The minimum Gasteiger partial charge on any atom is -0.504 e. The Hall–Kier alpha value is -2.23. The highest BCUT2D eigenvalue weighted by Crippen LogP contribution is 2.75. The summed E-state index contributed by atoms with van der Waals surface area (Å²) in [6.45, 7) is 17.6. The highest BCUT2D eigenvalue weighted by Gasteiger charge is 2.67. The molecule has 3 saturated carbocycles. The number of phenolic OH excluding ortho intramolecular Hbond substituents is 2. The van der Waals surface area contributed by atoms with Crippen molar-refractivity contribution >= 4 is 5.97 Å². The lowest BCUT2D eigenvalue weighted by Gasteiger charge is -2.70. The van der Waals surface area contributed by atoms with E-state index in [9.17, 15) is 20.1 Å². The van der Waals surface area contributed by atoms with Gasteiger partial charge in [-0.15, -0.1) is 6.58 Å². The van der Waals surface area contributed by atoms with Crippen molar-refractivity contribution in [2.75, 3.05) is 0 Å². The van der Waals surface area contributed by atoms with Gasteiger partial charge in [0.25, 0.3) is 0 Å². The maximum Gasteiger partial charge on any atom is 0.309 e. The highest BCUT2D eigenvalue weighted by molar-refractivity contribution is 5.74. The van der Waals surface area contributed by atoms with Crippen molar-refractivity contribution in [2.24, 2.45) is 27.6 Å². The van der Waals surface area contributed by atoms with E-state index < -0.39 is 11.4 Å². The van der Waals surface area contributed by atoms with E-state index >= 15 is 0 Å². The molecular weight excluding hydrogens is 448 g/mol. The molecule has 4 heteroatoms. The summed E-state index contributed by atoms with van der Waals surface area (Å²) in [6, 6.07) is 1.82. The molecule has 0 heterocycles. The number of aromatic hydroxyl groups is 2. The zero-order valence-electron chi connectivity index (χ0n) is 23.0. The lowest BCUT2D eigenvalue weighted by Crippen LogP contribution is -2.62. The van der Waals surface area contributed by atoms with Crippen LogP contribution in [0, 0.1) is 34.5 Å². The lowest BCUT2D eigenvalue weighted by atomic mass is 9.34. The van der Waals surface area contributed by atoms with Gasteiger partial charge in [0.2, 0.25) is 0 Å². The van der Waals surface area contributed by atoms with Gasteiger partial charge in [-0.25, -0.2) is 0 Å². The molecule has 4 aliphatic carbocycles. The van der Waals surface area contributed by atoms with Crippen molar-refractivity contribution in [3.63, 3.8) is 0 Å². The van der Waals surface area contributed by atoms with Crippen molar-refractivity contribution in [1.29, 1.82) is 0 Å². The van der Waals surface area contributed by atoms with Gasteiger partial charge in [-0.1, -0.05) is 45.4 Å². The topological polar surface area (TPSA) is 77.8 Å². The molecule has 0 aliphatic heterocycles. The smallest absolute Gasteiger partial charge is 0.309 e. The third kappa shape index (κ3) is 3.02. The number of aliphatic carboxylic acids is 1. The molecule has 2 unspecified atom stereocenters. The monoisotopic (exact) mass is 492 g/mol. The van der Waals surface area contributed by atoms with E-state index in [1.54, 1.807) is 0 Å². The number of carboxylic acid groups (broad SMARTS) is 1. The second kappa shape index (κ2) is 7.65. The van der Waals surface area contributed by atoms with Crippen molar-refractivity contribution in [3.8, 4) is 11.5 Å². The molecule has 1 aromatic carbocycles. The molecule has 0 saturated heterocycles. The normalized spacial score (nSPS) is 43.3. The summed E-state index contributed by atoms with van der Waals surface area (Å²) in [5.41, 5.74) is 3.72. The van der Waals surface area contributed by atoms with Crippen LogP contribution in [0.5, 0.6) is 11.5 Å². The molecule has 3 N–H and O–H groups in total. The molecule has 4 aliphatic rings. The van der Waals surface area contributed by atoms with Crippen molar-refractivity contribution in [1.82, 2.24) is 0 Å². The van der Waals surface area contributed by atoms with Gasteiger partial charge in [0.1, 0.15) is 0 Å². The molecule has 3 fully saturated rings. The fourth-order valence-electron chi connectivity index (χ4n) is 9.41. The number of benzene rings is 1. The first kappa shape index (κ1) is 25.4. The summed E-state index contributed by atoms with van der Waals surface area (Å²) in [4.78, 5) is 12.4. The Morgan fingerprint density at radius 1 is 1.06 bits per heavy atom. The van der Waals surface area contributed by atoms with Gasteiger partial charge in [0, 0.05) is 11.3 Å². The van der Waals surface area contributed by atoms with Crippen LogP contribution < -0.4 is 0 Å². The van der Waals surface area contributed by atoms with E-state index in [0.717, 1.165) is 68.1 Å². The SMILES string of the molecule is C=CCC1C=C2[C@@](C)(CC[C@@]3(C)[C@@H]4C[C@](C)(C(=O)O)CCC4(C)CC[C@]23C)c2cc(O)c(O)c(C)c21. The Bertz CT molecular complexity index is 1180. The highest BCUT2D eigenvalue weighted by atomic mass is 16.4. The number of fused-ring (bicyclic) bond motifs is 7. The number of carbonyl (C=O) groups is 1. The molecule has 0 radical (unpaired) electrons. The van der Waals surface area contributed by atoms with Crippen LogP contribution >= 0.6 is 0 Å². The number of hydrogen-bond acceptors (Lipinski definition) is 3. The largest absolute Gasteiger partial charge is 0.504 e. The summed E-state index contributed by atoms with van der Waals surface area (Å²) in [5, 5.41) is 31.4. The van der Waals surface area contributed by atoms with Crippen molar-refractivity contribution in [2.45, 2.75) is 104 Å². The molecule has 0 spiro atoms. The number of allylic oxidation sites excluding steroid dienone is 3. The molecule has 7 atom stereocenters. The van der Waals surface area contributed by atoms with Gasteiger partial charge >= 0.3 is 5.97 Å². The molecule has 4 nitrogen and oxygen atoms in total.